The van der Waals surface area contributed by atoms with Crippen molar-refractivity contribution in [1.29, 1.82) is 0 Å². The molecule has 0 saturated heterocycles. The van der Waals surface area contributed by atoms with Crippen molar-refractivity contribution >= 4 is 60.9 Å². The largest absolute Gasteiger partial charge is 0.335 e. The van der Waals surface area contributed by atoms with Crippen molar-refractivity contribution in [1.82, 2.24) is 0 Å². The van der Waals surface area contributed by atoms with Gasteiger partial charge in [-0.05, 0) is 62.1 Å². The standard InChI is InChI=1S/C29H30N2O7S4/c32-29-21(13-15-27-30(17-5-19-41(33,34)35)23-7-1-3-9-25(23)39-27)11-12-22(29)14-16-28-31(18-6-20-42(36,37)38)24-8-2-4-10-26(24)40-28/h1-4,7-10,13-16H,5-6,11-12,17-20H2,(H,33,34,35)(H,36,37,38)/b21-13+,22-14+,27-15-,28-16-. The number of Topliss-reactive ketones (excluding diaryl/α,β-unsaturated/α-hetero) is 1. The number of thioether (sulfide) groups is 2. The van der Waals surface area contributed by atoms with E-state index in [1.165, 1.54) is 0 Å². The molecule has 1 fully saturated rings. The lowest BCUT2D eigenvalue weighted by Crippen LogP contribution is -2.21. The fraction of sp³-hybridized carbons (Fsp3) is 0.276. The van der Waals surface area contributed by atoms with E-state index in [-0.39, 0.29) is 30.1 Å². The van der Waals surface area contributed by atoms with Crippen LogP contribution in [0.1, 0.15) is 25.7 Å². The van der Waals surface area contributed by atoms with Crippen LogP contribution in [0.4, 0.5) is 11.4 Å². The molecule has 1 saturated carbocycles. The topological polar surface area (TPSA) is 132 Å². The number of hydrogen-bond donors (Lipinski definition) is 2. The molecule has 0 spiro atoms. The highest BCUT2D eigenvalue weighted by Gasteiger charge is 2.27. The van der Waals surface area contributed by atoms with Gasteiger partial charge in [0.1, 0.15) is 0 Å². The molecule has 0 unspecified atom stereocenters. The van der Waals surface area contributed by atoms with E-state index in [9.17, 15) is 21.6 Å². The highest BCUT2D eigenvalue weighted by molar-refractivity contribution is 8.04. The second-order valence-electron chi connectivity index (χ2n) is 9.94. The van der Waals surface area contributed by atoms with Crippen LogP contribution in [0, 0.1) is 0 Å². The third kappa shape index (κ3) is 7.57. The molecule has 2 heterocycles. The quantitative estimate of drug-likeness (QED) is 0.245. The van der Waals surface area contributed by atoms with E-state index >= 15 is 0 Å². The summed E-state index contributed by atoms with van der Waals surface area (Å²) < 4.78 is 63.2. The van der Waals surface area contributed by atoms with Crippen molar-refractivity contribution in [2.45, 2.75) is 35.5 Å². The van der Waals surface area contributed by atoms with E-state index in [0.29, 0.717) is 37.1 Å². The van der Waals surface area contributed by atoms with Crippen LogP contribution in [0.5, 0.6) is 0 Å². The molecule has 2 aromatic rings. The SMILES string of the molecule is O=C1/C(=C/C=C2\Sc3ccccc3N2CCCS(=O)(=O)O)CC/C1=C\C=C1/Sc2ccccc2N1CCCS(=O)(=O)O. The summed E-state index contributed by atoms with van der Waals surface area (Å²) in [6.07, 6.45) is 9.19. The molecule has 222 valence electrons. The molecule has 1 aliphatic carbocycles. The van der Waals surface area contributed by atoms with Crippen molar-refractivity contribution in [2.75, 3.05) is 34.4 Å². The van der Waals surface area contributed by atoms with Gasteiger partial charge in [-0.2, -0.15) is 16.8 Å². The number of rotatable bonds is 10. The number of para-hydroxylation sites is 2. The number of ketones is 1. The Morgan fingerprint density at radius 2 is 1.07 bits per heavy atom. The normalized spacial score (nSPS) is 20.9. The Labute approximate surface area is 254 Å². The molecule has 9 nitrogen and oxygen atoms in total. The number of carbonyl (C=O) groups is 1. The van der Waals surface area contributed by atoms with Gasteiger partial charge in [-0.3, -0.25) is 13.9 Å². The first kappa shape index (κ1) is 30.6. The van der Waals surface area contributed by atoms with E-state index in [1.807, 2.05) is 82.6 Å². The van der Waals surface area contributed by atoms with Gasteiger partial charge >= 0.3 is 0 Å². The molecule has 3 aliphatic rings. The number of anilines is 2. The van der Waals surface area contributed by atoms with Crippen molar-refractivity contribution in [3.05, 3.63) is 94.0 Å². The number of allylic oxidation sites excluding steroid dienone is 6. The fourth-order valence-electron chi connectivity index (χ4n) is 4.99. The van der Waals surface area contributed by atoms with Gasteiger partial charge in [0.25, 0.3) is 20.2 Å². The van der Waals surface area contributed by atoms with Crippen molar-refractivity contribution in [3.8, 4) is 0 Å². The molecule has 0 amide bonds. The summed E-state index contributed by atoms with van der Waals surface area (Å²) in [4.78, 5) is 19.3. The first-order chi connectivity index (χ1) is 20.0. The summed E-state index contributed by atoms with van der Waals surface area (Å²) in [6.45, 7) is 0.818. The Hall–Kier alpha value is -2.81. The van der Waals surface area contributed by atoms with Crippen LogP contribution in [0.3, 0.4) is 0 Å². The second-order valence-corrected chi connectivity index (χ2v) is 15.2. The van der Waals surface area contributed by atoms with Crippen LogP contribution in [0.2, 0.25) is 0 Å². The van der Waals surface area contributed by atoms with Gasteiger partial charge in [0.2, 0.25) is 0 Å². The number of nitrogens with zero attached hydrogens (tertiary/aromatic N) is 2. The monoisotopic (exact) mass is 646 g/mol. The van der Waals surface area contributed by atoms with Gasteiger partial charge in [0, 0.05) is 34.0 Å². The lowest BCUT2D eigenvalue weighted by molar-refractivity contribution is -0.111. The minimum absolute atomic E-state index is 0.0272. The maximum atomic E-state index is 13.3. The van der Waals surface area contributed by atoms with Crippen LogP contribution in [0.15, 0.2) is 104 Å². The summed E-state index contributed by atoms with van der Waals surface area (Å²) in [7, 11) is -8.10. The molecule has 2 N–H and O–H groups in total. The molecule has 0 aromatic heterocycles. The van der Waals surface area contributed by atoms with Gasteiger partial charge in [-0.25, -0.2) is 0 Å². The fourth-order valence-corrected chi connectivity index (χ4v) is 8.16. The zero-order chi connectivity index (χ0) is 29.9. The van der Waals surface area contributed by atoms with Crippen LogP contribution in [0.25, 0.3) is 0 Å². The number of benzene rings is 2. The molecule has 2 aliphatic heterocycles. The summed E-state index contributed by atoms with van der Waals surface area (Å²) in [5, 5.41) is 1.76. The predicted molar refractivity (Wildman–Crippen MR) is 168 cm³/mol. The minimum Gasteiger partial charge on any atom is -0.335 e. The van der Waals surface area contributed by atoms with E-state index in [2.05, 4.69) is 0 Å². The Bertz CT molecular complexity index is 1600. The maximum absolute atomic E-state index is 13.3. The molecular weight excluding hydrogens is 617 g/mol. The second kappa shape index (κ2) is 12.8. The van der Waals surface area contributed by atoms with E-state index in [0.717, 1.165) is 31.2 Å². The van der Waals surface area contributed by atoms with Crippen molar-refractivity contribution in [3.63, 3.8) is 0 Å². The predicted octanol–water partition coefficient (Wildman–Crippen LogP) is 5.67. The number of carbonyl (C=O) groups excluding carboxylic acids is 1. The van der Waals surface area contributed by atoms with E-state index < -0.39 is 20.2 Å². The average molecular weight is 647 g/mol. The zero-order valence-electron chi connectivity index (χ0n) is 22.5. The number of hydrogen-bond acceptors (Lipinski definition) is 9. The van der Waals surface area contributed by atoms with Gasteiger partial charge in [0.05, 0.1) is 32.9 Å². The van der Waals surface area contributed by atoms with Crippen molar-refractivity contribution in [2.24, 2.45) is 0 Å². The molecule has 5 rings (SSSR count). The maximum Gasteiger partial charge on any atom is 0.264 e. The van der Waals surface area contributed by atoms with Gasteiger partial charge in [-0.15, -0.1) is 0 Å². The Morgan fingerprint density at radius 1 is 0.667 bits per heavy atom. The van der Waals surface area contributed by atoms with Crippen molar-refractivity contribution < 1.29 is 30.7 Å². The molecule has 13 heteroatoms. The lowest BCUT2D eigenvalue weighted by Gasteiger charge is -2.20. The van der Waals surface area contributed by atoms with Gasteiger partial charge in [0.15, 0.2) is 5.78 Å². The smallest absolute Gasteiger partial charge is 0.264 e. The van der Waals surface area contributed by atoms with E-state index in [4.69, 9.17) is 9.11 Å². The van der Waals surface area contributed by atoms with Gasteiger partial charge < -0.3 is 9.80 Å². The van der Waals surface area contributed by atoms with Crippen LogP contribution < -0.4 is 9.80 Å². The average Bonchev–Trinajstić information content (AvgIpc) is 3.58. The van der Waals surface area contributed by atoms with Crippen LogP contribution in [-0.4, -0.2) is 56.3 Å². The third-order valence-corrected chi connectivity index (χ3v) is 10.8. The molecular formula is C29H30N2O7S4. The van der Waals surface area contributed by atoms with Crippen LogP contribution >= 0.6 is 23.5 Å². The molecule has 2 aromatic carbocycles. The molecule has 0 atom stereocenters. The first-order valence-corrected chi connectivity index (χ1v) is 18.2. The molecule has 0 bridgehead atoms. The third-order valence-electron chi connectivity index (χ3n) is 6.94. The summed E-state index contributed by atoms with van der Waals surface area (Å²) in [5.74, 6) is -0.678. The van der Waals surface area contributed by atoms with Crippen LogP contribution in [-0.2, 0) is 25.0 Å². The summed E-state index contributed by atoms with van der Waals surface area (Å²) >= 11 is 3.10. The van der Waals surface area contributed by atoms with E-state index in [1.54, 1.807) is 23.5 Å². The Kier molecular flexibility index (Phi) is 9.35. The Balaban J connectivity index is 1.31. The lowest BCUT2D eigenvalue weighted by atomic mass is 10.1. The Morgan fingerprint density at radius 3 is 1.48 bits per heavy atom. The zero-order valence-corrected chi connectivity index (χ0v) is 25.8. The summed E-state index contributed by atoms with van der Waals surface area (Å²) in [5.41, 5.74) is 3.30. The highest BCUT2D eigenvalue weighted by atomic mass is 32.2. The summed E-state index contributed by atoms with van der Waals surface area (Å²) in [6, 6.07) is 15.6. The molecule has 42 heavy (non-hydrogen) atoms. The first-order valence-electron chi connectivity index (χ1n) is 13.3. The van der Waals surface area contributed by atoms with Gasteiger partial charge in [-0.1, -0.05) is 59.9 Å². The number of fused-ring (bicyclic) bond motifs is 2. The molecule has 0 radical (unpaired) electrons. The highest BCUT2D eigenvalue weighted by Crippen LogP contribution is 2.47. The minimum atomic E-state index is -4.05.